The molecule has 1 aliphatic rings. The zero-order chi connectivity index (χ0) is 14.8. The molecule has 0 aromatic carbocycles. The van der Waals surface area contributed by atoms with Crippen LogP contribution in [0, 0.1) is 0 Å². The summed E-state index contributed by atoms with van der Waals surface area (Å²) in [5, 5.41) is 9.30. The maximum Gasteiger partial charge on any atom is 0.301 e. The number of hydrazine groups is 1. The standard InChI is InChI=1S/C13H21N3O4/c1-13(2)8-16(6-10(7-17)20-13)5-9-3-4-19-11(9)12(18)15-14/h3-4,10,17H,5-8,14H2,1-2H3,(H,15,18). The molecule has 4 N–H and O–H groups in total. The smallest absolute Gasteiger partial charge is 0.301 e. The van der Waals surface area contributed by atoms with E-state index in [0.717, 1.165) is 5.56 Å². The van der Waals surface area contributed by atoms with Crippen molar-refractivity contribution in [3.63, 3.8) is 0 Å². The number of nitrogens with one attached hydrogen (secondary N) is 1. The molecule has 0 saturated carbocycles. The minimum absolute atomic E-state index is 0.0263. The fourth-order valence-corrected chi connectivity index (χ4v) is 2.60. The molecule has 2 heterocycles. The highest BCUT2D eigenvalue weighted by atomic mass is 16.5. The Morgan fingerprint density at radius 1 is 1.65 bits per heavy atom. The topological polar surface area (TPSA) is 101 Å². The number of furan rings is 1. The van der Waals surface area contributed by atoms with Crippen LogP contribution < -0.4 is 11.3 Å². The van der Waals surface area contributed by atoms with E-state index in [2.05, 4.69) is 10.3 Å². The minimum Gasteiger partial charge on any atom is -0.459 e. The third-order valence-corrected chi connectivity index (χ3v) is 3.23. The molecule has 112 valence electrons. The number of nitrogen functional groups attached to an aromatic ring is 1. The molecule has 1 fully saturated rings. The van der Waals surface area contributed by atoms with Crippen LogP contribution >= 0.6 is 0 Å². The Morgan fingerprint density at radius 3 is 3.05 bits per heavy atom. The quantitative estimate of drug-likeness (QED) is 0.404. The predicted molar refractivity (Wildman–Crippen MR) is 71.7 cm³/mol. The lowest BCUT2D eigenvalue weighted by atomic mass is 10.0. The molecule has 1 amide bonds. The second-order valence-electron chi connectivity index (χ2n) is 5.60. The van der Waals surface area contributed by atoms with Gasteiger partial charge in [-0.2, -0.15) is 0 Å². The van der Waals surface area contributed by atoms with Gasteiger partial charge in [-0.15, -0.1) is 0 Å². The predicted octanol–water partition coefficient (Wildman–Crippen LogP) is -0.145. The first-order chi connectivity index (χ1) is 9.45. The molecule has 1 aromatic heterocycles. The minimum atomic E-state index is -0.448. The Morgan fingerprint density at radius 2 is 2.40 bits per heavy atom. The maximum atomic E-state index is 11.6. The zero-order valence-electron chi connectivity index (χ0n) is 11.8. The van der Waals surface area contributed by atoms with E-state index in [4.69, 9.17) is 15.0 Å². The van der Waals surface area contributed by atoms with Crippen molar-refractivity contribution in [1.82, 2.24) is 10.3 Å². The van der Waals surface area contributed by atoms with Gasteiger partial charge in [0.15, 0.2) is 5.76 Å². The third kappa shape index (κ3) is 3.37. The maximum absolute atomic E-state index is 11.6. The molecule has 7 heteroatoms. The summed E-state index contributed by atoms with van der Waals surface area (Å²) in [5.74, 6) is 4.90. The highest BCUT2D eigenvalue weighted by Crippen LogP contribution is 2.23. The van der Waals surface area contributed by atoms with E-state index >= 15 is 0 Å². The van der Waals surface area contributed by atoms with Crippen molar-refractivity contribution in [3.05, 3.63) is 23.7 Å². The number of morpholine rings is 1. The van der Waals surface area contributed by atoms with E-state index in [9.17, 15) is 9.90 Å². The molecular formula is C13H21N3O4. The lowest BCUT2D eigenvalue weighted by molar-refractivity contribution is -0.150. The average molecular weight is 283 g/mol. The van der Waals surface area contributed by atoms with Gasteiger partial charge in [-0.1, -0.05) is 0 Å². The van der Waals surface area contributed by atoms with Gasteiger partial charge in [0.05, 0.1) is 24.6 Å². The Balaban J connectivity index is 2.09. The van der Waals surface area contributed by atoms with E-state index < -0.39 is 5.91 Å². The summed E-state index contributed by atoms with van der Waals surface area (Å²) in [4.78, 5) is 13.7. The van der Waals surface area contributed by atoms with Crippen LogP contribution in [0.5, 0.6) is 0 Å². The lowest BCUT2D eigenvalue weighted by Gasteiger charge is -2.42. The van der Waals surface area contributed by atoms with Crippen molar-refractivity contribution < 1.29 is 19.1 Å². The molecule has 0 bridgehead atoms. The van der Waals surface area contributed by atoms with E-state index in [0.29, 0.717) is 19.6 Å². The molecule has 0 spiro atoms. The molecule has 1 aliphatic heterocycles. The summed E-state index contributed by atoms with van der Waals surface area (Å²) in [6.45, 7) is 5.78. The number of aliphatic hydroxyl groups excluding tert-OH is 1. The second kappa shape index (κ2) is 5.92. The SMILES string of the molecule is CC1(C)CN(Cc2ccoc2C(=O)NN)CC(CO)O1. The van der Waals surface area contributed by atoms with Crippen LogP contribution in [-0.2, 0) is 11.3 Å². The van der Waals surface area contributed by atoms with Crippen molar-refractivity contribution >= 4 is 5.91 Å². The molecule has 1 saturated heterocycles. The van der Waals surface area contributed by atoms with Gasteiger partial charge < -0.3 is 14.3 Å². The molecule has 7 nitrogen and oxygen atoms in total. The van der Waals surface area contributed by atoms with E-state index in [1.165, 1.54) is 6.26 Å². The number of ether oxygens (including phenoxy) is 1. The van der Waals surface area contributed by atoms with Gasteiger partial charge in [0.1, 0.15) is 0 Å². The highest BCUT2D eigenvalue weighted by Gasteiger charge is 2.33. The number of aliphatic hydroxyl groups is 1. The van der Waals surface area contributed by atoms with E-state index in [-0.39, 0.29) is 24.1 Å². The molecule has 0 radical (unpaired) electrons. The van der Waals surface area contributed by atoms with Crippen molar-refractivity contribution in [3.8, 4) is 0 Å². The number of carbonyl (C=O) groups is 1. The van der Waals surface area contributed by atoms with Crippen LogP contribution in [0.4, 0.5) is 0 Å². The number of carbonyl (C=O) groups excluding carboxylic acids is 1. The van der Waals surface area contributed by atoms with Gasteiger partial charge in [-0.3, -0.25) is 15.1 Å². The van der Waals surface area contributed by atoms with Crippen molar-refractivity contribution in [1.29, 1.82) is 0 Å². The van der Waals surface area contributed by atoms with Crippen LogP contribution in [0.1, 0.15) is 30.0 Å². The number of amides is 1. The first-order valence-corrected chi connectivity index (χ1v) is 6.53. The molecule has 2 rings (SSSR count). The summed E-state index contributed by atoms with van der Waals surface area (Å²) in [6.07, 6.45) is 1.24. The normalized spacial score (nSPS) is 22.7. The van der Waals surface area contributed by atoms with Crippen molar-refractivity contribution in [2.45, 2.75) is 32.1 Å². The highest BCUT2D eigenvalue weighted by molar-refractivity contribution is 5.92. The Bertz CT molecular complexity index is 472. The number of nitrogens with two attached hydrogens (primary N) is 1. The Labute approximate surface area is 117 Å². The Hall–Kier alpha value is -1.41. The van der Waals surface area contributed by atoms with Gasteiger partial charge in [0.25, 0.3) is 0 Å². The average Bonchev–Trinajstić information content (AvgIpc) is 2.84. The van der Waals surface area contributed by atoms with E-state index in [1.807, 2.05) is 13.8 Å². The summed E-state index contributed by atoms with van der Waals surface area (Å²) < 4.78 is 10.9. The number of nitrogens with zero attached hydrogens (tertiary/aromatic N) is 1. The third-order valence-electron chi connectivity index (χ3n) is 3.23. The molecule has 0 aliphatic carbocycles. The second-order valence-corrected chi connectivity index (χ2v) is 5.60. The van der Waals surface area contributed by atoms with E-state index in [1.54, 1.807) is 6.07 Å². The van der Waals surface area contributed by atoms with Crippen LogP contribution in [0.2, 0.25) is 0 Å². The summed E-state index contributed by atoms with van der Waals surface area (Å²) >= 11 is 0. The molecule has 20 heavy (non-hydrogen) atoms. The molecular weight excluding hydrogens is 262 g/mol. The van der Waals surface area contributed by atoms with Gasteiger partial charge in [0.2, 0.25) is 0 Å². The zero-order valence-corrected chi connectivity index (χ0v) is 11.8. The largest absolute Gasteiger partial charge is 0.459 e. The molecule has 1 atom stereocenters. The van der Waals surface area contributed by atoms with Crippen LogP contribution in [0.3, 0.4) is 0 Å². The van der Waals surface area contributed by atoms with Crippen LogP contribution in [-0.4, -0.2) is 47.3 Å². The van der Waals surface area contributed by atoms with Gasteiger partial charge in [-0.25, -0.2) is 5.84 Å². The van der Waals surface area contributed by atoms with Crippen LogP contribution in [0.25, 0.3) is 0 Å². The summed E-state index contributed by atoms with van der Waals surface area (Å²) in [7, 11) is 0. The number of hydrogen-bond donors (Lipinski definition) is 3. The summed E-state index contributed by atoms with van der Waals surface area (Å²) in [6, 6.07) is 1.75. The number of rotatable bonds is 4. The van der Waals surface area contributed by atoms with Crippen molar-refractivity contribution in [2.75, 3.05) is 19.7 Å². The molecule has 1 unspecified atom stereocenters. The summed E-state index contributed by atoms with van der Waals surface area (Å²) in [5.41, 5.74) is 2.49. The van der Waals surface area contributed by atoms with Gasteiger partial charge in [0, 0.05) is 25.2 Å². The van der Waals surface area contributed by atoms with Gasteiger partial charge in [-0.05, 0) is 19.9 Å². The number of hydrogen-bond acceptors (Lipinski definition) is 6. The lowest BCUT2D eigenvalue weighted by Crippen LogP contribution is -2.53. The monoisotopic (exact) mass is 283 g/mol. The Kier molecular flexibility index (Phi) is 4.44. The first kappa shape index (κ1) is 15.0. The van der Waals surface area contributed by atoms with Gasteiger partial charge >= 0.3 is 5.91 Å². The molecule has 1 aromatic rings. The first-order valence-electron chi connectivity index (χ1n) is 6.53. The van der Waals surface area contributed by atoms with Crippen molar-refractivity contribution in [2.24, 2.45) is 5.84 Å². The fraction of sp³-hybridized carbons (Fsp3) is 0.615. The fourth-order valence-electron chi connectivity index (χ4n) is 2.60. The van der Waals surface area contributed by atoms with Crippen LogP contribution in [0.15, 0.2) is 16.7 Å².